The van der Waals surface area contributed by atoms with Crippen LogP contribution in [0.5, 0.6) is 0 Å². The lowest BCUT2D eigenvalue weighted by Gasteiger charge is -2.61. The molecule has 2 aromatic heterocycles. The summed E-state index contributed by atoms with van der Waals surface area (Å²) in [4.78, 5) is 2.53. The molecule has 0 radical (unpaired) electrons. The zero-order valence-electron chi connectivity index (χ0n) is 30.5. The molecule has 55 heavy (non-hydrogen) atoms. The number of thiophene rings is 2. The van der Waals surface area contributed by atoms with E-state index < -0.39 is 0 Å². The molecule has 5 aliphatic carbocycles. The average Bonchev–Trinajstić information content (AvgIpc) is 3.89. The molecule has 14 rings (SSSR count). The summed E-state index contributed by atoms with van der Waals surface area (Å²) in [5.41, 5.74) is 12.7. The summed E-state index contributed by atoms with van der Waals surface area (Å²) < 4.78 is 5.30. The Labute approximate surface area is 329 Å². The molecule has 3 heteroatoms. The smallest absolute Gasteiger partial charge is 0.0640 e. The van der Waals surface area contributed by atoms with Crippen LogP contribution in [-0.2, 0) is 5.41 Å². The normalized spacial score (nSPS) is 23.3. The number of fused-ring (bicyclic) bond motifs is 9. The molecule has 5 aliphatic rings. The highest BCUT2D eigenvalue weighted by Crippen LogP contribution is 2.69. The van der Waals surface area contributed by atoms with Crippen molar-refractivity contribution in [3.8, 4) is 22.3 Å². The highest BCUT2D eigenvalue weighted by molar-refractivity contribution is 7.26. The van der Waals surface area contributed by atoms with Gasteiger partial charge in [0, 0.05) is 46.7 Å². The van der Waals surface area contributed by atoms with Crippen molar-refractivity contribution in [2.75, 3.05) is 4.90 Å². The van der Waals surface area contributed by atoms with E-state index in [1.54, 1.807) is 11.1 Å². The van der Waals surface area contributed by atoms with Crippen LogP contribution < -0.4 is 4.90 Å². The number of rotatable bonds is 4. The summed E-state index contributed by atoms with van der Waals surface area (Å²) in [6.07, 6.45) is 7.13. The van der Waals surface area contributed by atoms with E-state index in [1.165, 1.54) is 112 Å². The summed E-state index contributed by atoms with van der Waals surface area (Å²) in [6.45, 7) is 0. The van der Waals surface area contributed by atoms with E-state index in [2.05, 4.69) is 157 Å². The summed E-state index contributed by atoms with van der Waals surface area (Å²) in [5.74, 6) is 3.42. The van der Waals surface area contributed by atoms with Crippen molar-refractivity contribution in [3.63, 3.8) is 0 Å². The maximum absolute atomic E-state index is 2.63. The molecule has 1 nitrogen and oxygen atoms in total. The van der Waals surface area contributed by atoms with Crippen LogP contribution in [0, 0.1) is 23.7 Å². The molecule has 2 heterocycles. The van der Waals surface area contributed by atoms with Gasteiger partial charge in [-0.1, -0.05) is 103 Å². The molecule has 0 amide bonds. The molecule has 4 saturated carbocycles. The molecule has 0 unspecified atom stereocenters. The average molecular weight is 742 g/mol. The largest absolute Gasteiger partial charge is 0.308 e. The lowest BCUT2D eigenvalue weighted by Crippen LogP contribution is -2.55. The molecule has 264 valence electrons. The maximum atomic E-state index is 2.63. The lowest BCUT2D eigenvalue weighted by molar-refractivity contribution is -0.0399. The van der Waals surface area contributed by atoms with Crippen molar-refractivity contribution < 1.29 is 0 Å². The summed E-state index contributed by atoms with van der Waals surface area (Å²) in [6, 6.07) is 57.9. The topological polar surface area (TPSA) is 3.24 Å². The molecule has 0 atom stereocenters. The molecule has 9 aromatic rings. The van der Waals surface area contributed by atoms with Gasteiger partial charge >= 0.3 is 0 Å². The fraction of sp³-hybridized carbons (Fsp3) is 0.192. The van der Waals surface area contributed by atoms with E-state index in [0.29, 0.717) is 0 Å². The van der Waals surface area contributed by atoms with Gasteiger partial charge in [-0.25, -0.2) is 0 Å². The van der Waals surface area contributed by atoms with E-state index in [1.807, 2.05) is 22.7 Å². The third kappa shape index (κ3) is 4.23. The van der Waals surface area contributed by atoms with Gasteiger partial charge in [0.2, 0.25) is 0 Å². The van der Waals surface area contributed by atoms with Crippen molar-refractivity contribution >= 4 is 80.1 Å². The van der Waals surface area contributed by atoms with Gasteiger partial charge in [0.25, 0.3) is 0 Å². The van der Waals surface area contributed by atoms with Gasteiger partial charge in [-0.05, 0) is 138 Å². The van der Waals surface area contributed by atoms with Crippen molar-refractivity contribution in [2.45, 2.75) is 37.5 Å². The Balaban J connectivity index is 0.980. The monoisotopic (exact) mass is 741 g/mol. The number of hydrogen-bond acceptors (Lipinski definition) is 3. The van der Waals surface area contributed by atoms with Crippen molar-refractivity contribution in [1.82, 2.24) is 0 Å². The van der Waals surface area contributed by atoms with Crippen LogP contribution >= 0.6 is 22.7 Å². The van der Waals surface area contributed by atoms with Gasteiger partial charge in [-0.15, -0.1) is 22.7 Å². The Morgan fingerprint density at radius 2 is 1.07 bits per heavy atom. The second-order valence-corrected chi connectivity index (χ2v) is 19.0. The van der Waals surface area contributed by atoms with E-state index in [-0.39, 0.29) is 5.41 Å². The van der Waals surface area contributed by atoms with Crippen LogP contribution in [0.2, 0.25) is 0 Å². The number of nitrogens with zero attached hydrogens (tertiary/aromatic N) is 1. The second-order valence-electron chi connectivity index (χ2n) is 16.9. The SMILES string of the molecule is c1ccc2c(c1)-c1ccc(-c3ccc(N(c4cccc5c4sc4ccccc45)c4cccc5sc6ccccc6c45)cc3)cc1C21C2CC3CC(C2)CC1C3. The molecule has 0 saturated heterocycles. The van der Waals surface area contributed by atoms with Gasteiger partial charge in [-0.2, -0.15) is 0 Å². The summed E-state index contributed by atoms with van der Waals surface area (Å²) in [5, 5.41) is 5.29. The predicted octanol–water partition coefficient (Wildman–Crippen LogP) is 15.3. The Bertz CT molecular complexity index is 2990. The number of hydrogen-bond donors (Lipinski definition) is 0. The van der Waals surface area contributed by atoms with Crippen molar-refractivity contribution in [3.05, 3.63) is 163 Å². The Kier molecular flexibility index (Phi) is 6.44. The first kappa shape index (κ1) is 31.0. The third-order valence-electron chi connectivity index (χ3n) is 14.3. The van der Waals surface area contributed by atoms with Crippen LogP contribution in [0.15, 0.2) is 152 Å². The van der Waals surface area contributed by atoms with Crippen LogP contribution in [0.3, 0.4) is 0 Å². The van der Waals surface area contributed by atoms with E-state index in [9.17, 15) is 0 Å². The Morgan fingerprint density at radius 3 is 1.89 bits per heavy atom. The lowest BCUT2D eigenvalue weighted by atomic mass is 9.43. The van der Waals surface area contributed by atoms with Crippen LogP contribution in [0.4, 0.5) is 17.1 Å². The van der Waals surface area contributed by atoms with Gasteiger partial charge in [-0.3, -0.25) is 0 Å². The molecule has 4 bridgehead atoms. The van der Waals surface area contributed by atoms with Crippen molar-refractivity contribution in [1.29, 1.82) is 0 Å². The molecule has 0 N–H and O–H groups in total. The summed E-state index contributed by atoms with van der Waals surface area (Å²) in [7, 11) is 0. The van der Waals surface area contributed by atoms with Gasteiger partial charge in [0.05, 0.1) is 16.1 Å². The number of benzene rings is 7. The highest BCUT2D eigenvalue weighted by Gasteiger charge is 2.61. The first-order valence-corrected chi connectivity index (χ1v) is 21.8. The Morgan fingerprint density at radius 1 is 0.455 bits per heavy atom. The second kappa shape index (κ2) is 11.4. The molecule has 7 aromatic carbocycles. The van der Waals surface area contributed by atoms with Crippen LogP contribution in [0.25, 0.3) is 62.6 Å². The minimum Gasteiger partial charge on any atom is -0.308 e. The van der Waals surface area contributed by atoms with Crippen LogP contribution in [0.1, 0.15) is 43.2 Å². The molecule has 1 spiro atoms. The minimum atomic E-state index is 0.178. The summed E-state index contributed by atoms with van der Waals surface area (Å²) >= 11 is 3.79. The minimum absolute atomic E-state index is 0.178. The standard InChI is InChI=1S/C52H39NS2/c1-4-13-43-38(9-1)39-24-21-34(30-44(39)52(43)35-26-31-25-32(28-35)29-36(52)27-31)33-19-22-37(23-20-33)53(45-14-8-18-49-50(45)42-11-3-6-17-48(42)54-49)46-15-7-12-41-40-10-2-5-16-47(40)55-51(41)46/h1-24,30-32,35-36H,25-29H2. The van der Waals surface area contributed by atoms with Gasteiger partial charge in [0.1, 0.15) is 0 Å². The fourth-order valence-electron chi connectivity index (χ4n) is 12.4. The van der Waals surface area contributed by atoms with Crippen LogP contribution in [-0.4, -0.2) is 0 Å². The van der Waals surface area contributed by atoms with E-state index in [4.69, 9.17) is 0 Å². The molecular formula is C52H39NS2. The van der Waals surface area contributed by atoms with E-state index in [0.717, 1.165) is 23.7 Å². The zero-order valence-corrected chi connectivity index (χ0v) is 32.2. The van der Waals surface area contributed by atoms with Gasteiger partial charge in [0.15, 0.2) is 0 Å². The van der Waals surface area contributed by atoms with Crippen molar-refractivity contribution in [2.24, 2.45) is 23.7 Å². The Hall–Kier alpha value is -5.22. The first-order valence-electron chi connectivity index (χ1n) is 20.2. The quantitative estimate of drug-likeness (QED) is 0.174. The fourth-order valence-corrected chi connectivity index (χ4v) is 14.7. The third-order valence-corrected chi connectivity index (χ3v) is 16.6. The zero-order chi connectivity index (χ0) is 35.8. The molecule has 0 aliphatic heterocycles. The maximum Gasteiger partial charge on any atom is 0.0640 e. The molecule has 4 fully saturated rings. The number of anilines is 3. The molecular weight excluding hydrogens is 703 g/mol. The van der Waals surface area contributed by atoms with E-state index >= 15 is 0 Å². The van der Waals surface area contributed by atoms with Gasteiger partial charge < -0.3 is 4.90 Å². The predicted molar refractivity (Wildman–Crippen MR) is 236 cm³/mol. The highest BCUT2D eigenvalue weighted by atomic mass is 32.1. The first-order chi connectivity index (χ1) is 27.2.